The van der Waals surface area contributed by atoms with E-state index in [1.54, 1.807) is 0 Å². The summed E-state index contributed by atoms with van der Waals surface area (Å²) in [4.78, 5) is 16.2. The van der Waals surface area contributed by atoms with Crippen LogP contribution in [-0.4, -0.2) is 36.7 Å². The summed E-state index contributed by atoms with van der Waals surface area (Å²) in [6, 6.07) is 7.85. The van der Waals surface area contributed by atoms with Gasteiger partial charge >= 0.3 is 0 Å². The normalized spacial score (nSPS) is 18.5. The van der Waals surface area contributed by atoms with E-state index in [1.165, 1.54) is 11.3 Å². The van der Waals surface area contributed by atoms with E-state index in [2.05, 4.69) is 15.6 Å². The zero-order valence-electron chi connectivity index (χ0n) is 11.1. The predicted molar refractivity (Wildman–Crippen MR) is 80.1 cm³/mol. The molecule has 1 aliphatic heterocycles. The molecule has 1 saturated heterocycles. The van der Waals surface area contributed by atoms with Crippen LogP contribution in [0.1, 0.15) is 12.8 Å². The van der Waals surface area contributed by atoms with Gasteiger partial charge in [-0.2, -0.15) is 0 Å². The van der Waals surface area contributed by atoms with Gasteiger partial charge in [0.25, 0.3) is 0 Å². The Bertz CT molecular complexity index is 560. The first-order valence-corrected chi connectivity index (χ1v) is 7.60. The van der Waals surface area contributed by atoms with Crippen LogP contribution in [0.5, 0.6) is 0 Å². The Morgan fingerprint density at radius 3 is 3.15 bits per heavy atom. The second-order valence-electron chi connectivity index (χ2n) is 4.80. The first kappa shape index (κ1) is 13.5. The molecule has 1 atom stereocenters. The maximum Gasteiger partial charge on any atom is 0.240 e. The number of rotatable bonds is 5. The van der Waals surface area contributed by atoms with E-state index < -0.39 is 0 Å². The fourth-order valence-corrected chi connectivity index (χ4v) is 3.12. The van der Waals surface area contributed by atoms with Crippen LogP contribution in [0.15, 0.2) is 24.3 Å². The summed E-state index contributed by atoms with van der Waals surface area (Å²) in [7, 11) is 0. The molecule has 2 N–H and O–H groups in total. The molecule has 3 rings (SSSR count). The third-order valence-electron chi connectivity index (χ3n) is 3.22. The highest BCUT2D eigenvalue weighted by Crippen LogP contribution is 2.25. The summed E-state index contributed by atoms with van der Waals surface area (Å²) in [6.07, 6.45) is 2.45. The van der Waals surface area contributed by atoms with Gasteiger partial charge in [-0.3, -0.25) is 4.79 Å². The van der Waals surface area contributed by atoms with E-state index in [4.69, 9.17) is 4.74 Å². The molecule has 1 aliphatic rings. The minimum absolute atomic E-state index is 0.0675. The summed E-state index contributed by atoms with van der Waals surface area (Å²) in [5.74, 6) is -0.0675. The first-order valence-electron chi connectivity index (χ1n) is 6.79. The summed E-state index contributed by atoms with van der Waals surface area (Å²) in [5, 5.41) is 6.59. The van der Waals surface area contributed by atoms with E-state index in [-0.39, 0.29) is 18.6 Å². The number of carbonyl (C=O) groups excluding carboxylic acids is 1. The number of hydrogen-bond acceptors (Lipinski definition) is 5. The zero-order valence-corrected chi connectivity index (χ0v) is 11.9. The first-order chi connectivity index (χ1) is 9.81. The average Bonchev–Trinajstić information content (AvgIpc) is 3.06. The van der Waals surface area contributed by atoms with Crippen molar-refractivity contribution >= 4 is 32.6 Å². The van der Waals surface area contributed by atoms with Crippen molar-refractivity contribution in [3.63, 3.8) is 0 Å². The molecule has 2 heterocycles. The number of hydrogen-bond donors (Lipinski definition) is 2. The smallest absolute Gasteiger partial charge is 0.240 e. The predicted octanol–water partition coefficient (Wildman–Crippen LogP) is 2.00. The van der Waals surface area contributed by atoms with Crippen molar-refractivity contribution in [2.75, 3.05) is 25.0 Å². The highest BCUT2D eigenvalue weighted by Gasteiger charge is 2.15. The van der Waals surface area contributed by atoms with Crippen LogP contribution in [0.4, 0.5) is 5.13 Å². The second kappa shape index (κ2) is 6.30. The van der Waals surface area contributed by atoms with Gasteiger partial charge in [0.05, 0.1) is 22.9 Å². The lowest BCUT2D eigenvalue weighted by Crippen LogP contribution is -2.33. The van der Waals surface area contributed by atoms with E-state index in [0.717, 1.165) is 36.2 Å². The molecule has 0 bridgehead atoms. The lowest BCUT2D eigenvalue weighted by Gasteiger charge is -2.09. The maximum absolute atomic E-state index is 11.8. The van der Waals surface area contributed by atoms with Gasteiger partial charge in [-0.25, -0.2) is 4.98 Å². The van der Waals surface area contributed by atoms with Crippen LogP contribution in [0.3, 0.4) is 0 Å². The topological polar surface area (TPSA) is 63.2 Å². The van der Waals surface area contributed by atoms with Gasteiger partial charge in [-0.1, -0.05) is 23.5 Å². The van der Waals surface area contributed by atoms with Crippen molar-refractivity contribution in [1.29, 1.82) is 0 Å². The Balaban J connectivity index is 1.48. The molecule has 106 valence electrons. The third-order valence-corrected chi connectivity index (χ3v) is 4.17. The Labute approximate surface area is 121 Å². The van der Waals surface area contributed by atoms with Crippen molar-refractivity contribution in [2.24, 2.45) is 0 Å². The van der Waals surface area contributed by atoms with E-state index in [9.17, 15) is 4.79 Å². The molecule has 5 nitrogen and oxygen atoms in total. The molecule has 20 heavy (non-hydrogen) atoms. The quantitative estimate of drug-likeness (QED) is 0.884. The molecule has 1 amide bonds. The largest absolute Gasteiger partial charge is 0.377 e. The molecule has 1 fully saturated rings. The molecule has 0 radical (unpaired) electrons. The number of aromatic nitrogens is 1. The second-order valence-corrected chi connectivity index (χ2v) is 5.83. The summed E-state index contributed by atoms with van der Waals surface area (Å²) in [6.45, 7) is 1.85. The standard InChI is InChI=1S/C14H17N3O2S/c18-13(9-15-8-10-4-3-7-19-10)17-14-16-11-5-1-2-6-12(11)20-14/h1-2,5-6,10,15H,3-4,7-9H2,(H,16,17,18). The lowest BCUT2D eigenvalue weighted by atomic mass is 10.2. The number of ether oxygens (including phenoxy) is 1. The molecular weight excluding hydrogens is 274 g/mol. The Morgan fingerprint density at radius 2 is 2.35 bits per heavy atom. The van der Waals surface area contributed by atoms with Crippen molar-refractivity contribution in [1.82, 2.24) is 10.3 Å². The van der Waals surface area contributed by atoms with Gasteiger partial charge in [0, 0.05) is 13.2 Å². The van der Waals surface area contributed by atoms with E-state index >= 15 is 0 Å². The molecule has 2 aromatic rings. The molecule has 6 heteroatoms. The van der Waals surface area contributed by atoms with E-state index in [1.807, 2.05) is 24.3 Å². The van der Waals surface area contributed by atoms with Crippen molar-refractivity contribution < 1.29 is 9.53 Å². The van der Waals surface area contributed by atoms with Crippen LogP contribution in [0, 0.1) is 0 Å². The van der Waals surface area contributed by atoms with Crippen LogP contribution in [0.2, 0.25) is 0 Å². The molecular formula is C14H17N3O2S. The van der Waals surface area contributed by atoms with Gasteiger partial charge < -0.3 is 15.4 Å². The molecule has 0 aliphatic carbocycles. The molecule has 0 saturated carbocycles. The molecule has 1 aromatic heterocycles. The van der Waals surface area contributed by atoms with Crippen molar-refractivity contribution in [2.45, 2.75) is 18.9 Å². The molecule has 0 spiro atoms. The van der Waals surface area contributed by atoms with Gasteiger partial charge in [0.15, 0.2) is 5.13 Å². The summed E-state index contributed by atoms with van der Waals surface area (Å²) >= 11 is 1.49. The SMILES string of the molecule is O=C(CNCC1CCCO1)Nc1nc2ccccc2s1. The summed E-state index contributed by atoms with van der Waals surface area (Å²) < 4.78 is 6.57. The number of nitrogens with one attached hydrogen (secondary N) is 2. The van der Waals surface area contributed by atoms with Crippen molar-refractivity contribution in [3.8, 4) is 0 Å². The highest BCUT2D eigenvalue weighted by atomic mass is 32.1. The van der Waals surface area contributed by atoms with Crippen molar-refractivity contribution in [3.05, 3.63) is 24.3 Å². The lowest BCUT2D eigenvalue weighted by molar-refractivity contribution is -0.115. The molecule has 1 aromatic carbocycles. The van der Waals surface area contributed by atoms with Gasteiger partial charge in [-0.15, -0.1) is 0 Å². The Kier molecular flexibility index (Phi) is 4.25. The van der Waals surface area contributed by atoms with Gasteiger partial charge in [0.1, 0.15) is 0 Å². The van der Waals surface area contributed by atoms with Crippen LogP contribution < -0.4 is 10.6 Å². The maximum atomic E-state index is 11.8. The van der Waals surface area contributed by atoms with E-state index in [0.29, 0.717) is 5.13 Å². The number of fused-ring (bicyclic) bond motifs is 1. The number of anilines is 1. The van der Waals surface area contributed by atoms with Gasteiger partial charge in [0.2, 0.25) is 5.91 Å². The number of amides is 1. The number of thiazole rings is 1. The highest BCUT2D eigenvalue weighted by molar-refractivity contribution is 7.22. The minimum atomic E-state index is -0.0675. The van der Waals surface area contributed by atoms with Gasteiger partial charge in [-0.05, 0) is 25.0 Å². The fraction of sp³-hybridized carbons (Fsp3) is 0.429. The monoisotopic (exact) mass is 291 g/mol. The third kappa shape index (κ3) is 3.33. The van der Waals surface area contributed by atoms with Crippen LogP contribution in [-0.2, 0) is 9.53 Å². The Hall–Kier alpha value is -1.50. The average molecular weight is 291 g/mol. The minimum Gasteiger partial charge on any atom is -0.377 e. The van der Waals surface area contributed by atoms with Crippen LogP contribution >= 0.6 is 11.3 Å². The number of benzene rings is 1. The number of nitrogens with zero attached hydrogens (tertiary/aromatic N) is 1. The molecule has 1 unspecified atom stereocenters. The zero-order chi connectivity index (χ0) is 13.8. The summed E-state index contributed by atoms with van der Waals surface area (Å²) in [5.41, 5.74) is 0.917. The fourth-order valence-electron chi connectivity index (χ4n) is 2.24. The number of carbonyl (C=O) groups is 1. The van der Waals surface area contributed by atoms with Crippen LogP contribution in [0.25, 0.3) is 10.2 Å². The Morgan fingerprint density at radius 1 is 1.45 bits per heavy atom. The number of para-hydroxylation sites is 1.